The van der Waals surface area contributed by atoms with E-state index < -0.39 is 0 Å². The van der Waals surface area contributed by atoms with Crippen LogP contribution in [0.2, 0.25) is 0 Å². The Balaban J connectivity index is 1.95. The highest BCUT2D eigenvalue weighted by Crippen LogP contribution is 2.39. The predicted molar refractivity (Wildman–Crippen MR) is 117 cm³/mol. The van der Waals surface area contributed by atoms with Crippen molar-refractivity contribution in [3.63, 3.8) is 0 Å². The topological polar surface area (TPSA) is 4.93 Å². The summed E-state index contributed by atoms with van der Waals surface area (Å²) < 4.78 is 2.51. The first-order valence-corrected chi connectivity index (χ1v) is 9.56. The zero-order chi connectivity index (χ0) is 18.6. The van der Waals surface area contributed by atoms with Crippen LogP contribution in [0.4, 0.5) is 0 Å². The van der Waals surface area contributed by atoms with Crippen LogP contribution in [0.1, 0.15) is 20.8 Å². The largest absolute Gasteiger partial charge is 0.335 e. The Labute approximate surface area is 159 Å². The highest BCUT2D eigenvalue weighted by molar-refractivity contribution is 6.18. The van der Waals surface area contributed by atoms with Gasteiger partial charge in [-0.3, -0.25) is 0 Å². The number of benzene rings is 4. The van der Waals surface area contributed by atoms with Crippen LogP contribution in [0.5, 0.6) is 0 Å². The zero-order valence-electron chi connectivity index (χ0n) is 16.0. The molecule has 0 unspecified atom stereocenters. The number of hydrogen-bond donors (Lipinski definition) is 0. The summed E-state index contributed by atoms with van der Waals surface area (Å²) in [5, 5.41) is 5.27. The minimum Gasteiger partial charge on any atom is -0.335 e. The third-order valence-electron chi connectivity index (χ3n) is 5.43. The third-order valence-corrected chi connectivity index (χ3v) is 5.43. The Morgan fingerprint density at radius 3 is 2.11 bits per heavy atom. The van der Waals surface area contributed by atoms with Crippen LogP contribution in [0.15, 0.2) is 84.9 Å². The van der Waals surface area contributed by atoms with Crippen LogP contribution in [0.25, 0.3) is 43.7 Å². The lowest BCUT2D eigenvalue weighted by atomic mass is 10.0. The third kappa shape index (κ3) is 2.46. The van der Waals surface area contributed by atoms with E-state index in [2.05, 4.69) is 110 Å². The molecule has 1 heterocycles. The lowest BCUT2D eigenvalue weighted by molar-refractivity contribution is 0.424. The van der Waals surface area contributed by atoms with E-state index in [1.807, 2.05) is 0 Å². The van der Waals surface area contributed by atoms with E-state index in [0.29, 0.717) is 0 Å². The summed E-state index contributed by atoms with van der Waals surface area (Å²) in [6.07, 6.45) is 0. The van der Waals surface area contributed by atoms with Crippen molar-refractivity contribution in [3.8, 4) is 11.1 Å². The molecule has 0 saturated carbocycles. The molecule has 0 atom stereocenters. The maximum Gasteiger partial charge on any atom is 0.0576 e. The highest BCUT2D eigenvalue weighted by Gasteiger charge is 2.22. The molecule has 1 aromatic heterocycles. The lowest BCUT2D eigenvalue weighted by Gasteiger charge is -2.25. The van der Waals surface area contributed by atoms with Crippen molar-refractivity contribution in [1.29, 1.82) is 0 Å². The summed E-state index contributed by atoms with van der Waals surface area (Å²) in [6, 6.07) is 30.8. The van der Waals surface area contributed by atoms with Gasteiger partial charge in [-0.05, 0) is 49.4 Å². The predicted octanol–water partition coefficient (Wildman–Crippen LogP) is 7.37. The fraction of sp³-hybridized carbons (Fsp3) is 0.154. The van der Waals surface area contributed by atoms with Crippen molar-refractivity contribution in [2.75, 3.05) is 0 Å². The summed E-state index contributed by atoms with van der Waals surface area (Å²) in [5.41, 5.74) is 5.16. The quantitative estimate of drug-likeness (QED) is 0.298. The molecule has 5 rings (SSSR count). The van der Waals surface area contributed by atoms with Gasteiger partial charge in [0.15, 0.2) is 0 Å². The minimum atomic E-state index is -0.00160. The summed E-state index contributed by atoms with van der Waals surface area (Å²) in [5.74, 6) is 0. The smallest absolute Gasteiger partial charge is 0.0576 e. The Morgan fingerprint density at radius 1 is 0.593 bits per heavy atom. The number of fused-ring (bicyclic) bond motifs is 5. The molecule has 0 bridgehead atoms. The summed E-state index contributed by atoms with van der Waals surface area (Å²) in [4.78, 5) is 0. The molecule has 1 nitrogen and oxygen atoms in total. The first-order valence-electron chi connectivity index (χ1n) is 9.56. The second-order valence-electron chi connectivity index (χ2n) is 8.29. The van der Waals surface area contributed by atoms with Crippen molar-refractivity contribution in [3.05, 3.63) is 84.9 Å². The summed E-state index contributed by atoms with van der Waals surface area (Å²) in [7, 11) is 0. The van der Waals surface area contributed by atoms with Crippen LogP contribution in [0.3, 0.4) is 0 Å². The Morgan fingerprint density at radius 2 is 1.33 bits per heavy atom. The van der Waals surface area contributed by atoms with Gasteiger partial charge in [0.1, 0.15) is 0 Å². The van der Waals surface area contributed by atoms with Crippen LogP contribution >= 0.6 is 0 Å². The minimum absolute atomic E-state index is 0.00160. The van der Waals surface area contributed by atoms with Crippen LogP contribution in [-0.2, 0) is 5.54 Å². The Kier molecular flexibility index (Phi) is 3.42. The van der Waals surface area contributed by atoms with E-state index >= 15 is 0 Å². The maximum atomic E-state index is 2.51. The summed E-state index contributed by atoms with van der Waals surface area (Å²) >= 11 is 0. The standard InChI is InChI=1S/C26H23N/c1-26(2,3)27-24-16-14-20(18-9-5-4-6-10-18)17-23(24)22-15-13-19-11-7-8-12-21(19)25(22)27/h4-17H,1-3H3. The van der Waals surface area contributed by atoms with Crippen molar-refractivity contribution >= 4 is 32.6 Å². The molecule has 0 aliphatic heterocycles. The van der Waals surface area contributed by atoms with Gasteiger partial charge in [0.25, 0.3) is 0 Å². The molecule has 5 aromatic rings. The second-order valence-corrected chi connectivity index (χ2v) is 8.29. The van der Waals surface area contributed by atoms with Crippen molar-refractivity contribution in [1.82, 2.24) is 4.57 Å². The van der Waals surface area contributed by atoms with Crippen molar-refractivity contribution in [2.24, 2.45) is 0 Å². The van der Waals surface area contributed by atoms with Gasteiger partial charge in [0.2, 0.25) is 0 Å². The van der Waals surface area contributed by atoms with Gasteiger partial charge in [-0.1, -0.05) is 72.8 Å². The van der Waals surface area contributed by atoms with E-state index in [0.717, 1.165) is 0 Å². The monoisotopic (exact) mass is 349 g/mol. The second kappa shape index (κ2) is 5.72. The molecule has 27 heavy (non-hydrogen) atoms. The molecular weight excluding hydrogens is 326 g/mol. The van der Waals surface area contributed by atoms with E-state index in [1.54, 1.807) is 0 Å². The van der Waals surface area contributed by atoms with Gasteiger partial charge in [0.05, 0.1) is 5.52 Å². The Bertz CT molecular complexity index is 1280. The van der Waals surface area contributed by atoms with E-state index in [1.165, 1.54) is 43.7 Å². The van der Waals surface area contributed by atoms with Gasteiger partial charge >= 0.3 is 0 Å². The van der Waals surface area contributed by atoms with E-state index in [9.17, 15) is 0 Å². The molecule has 0 aliphatic carbocycles. The first kappa shape index (κ1) is 16.1. The fourth-order valence-corrected chi connectivity index (χ4v) is 4.29. The average Bonchev–Trinajstić information content (AvgIpc) is 3.03. The molecule has 0 fully saturated rings. The number of aromatic nitrogens is 1. The number of nitrogens with zero attached hydrogens (tertiary/aromatic N) is 1. The molecule has 0 amide bonds. The Hall–Kier alpha value is -3.06. The maximum absolute atomic E-state index is 2.51. The van der Waals surface area contributed by atoms with E-state index in [-0.39, 0.29) is 5.54 Å². The molecule has 0 spiro atoms. The summed E-state index contributed by atoms with van der Waals surface area (Å²) in [6.45, 7) is 6.87. The van der Waals surface area contributed by atoms with Gasteiger partial charge in [-0.2, -0.15) is 0 Å². The van der Waals surface area contributed by atoms with Crippen molar-refractivity contribution < 1.29 is 0 Å². The molecule has 1 heteroatoms. The molecular formula is C26H23N. The van der Waals surface area contributed by atoms with Crippen molar-refractivity contribution in [2.45, 2.75) is 26.3 Å². The normalized spacial score (nSPS) is 12.3. The molecule has 0 radical (unpaired) electrons. The molecule has 4 aromatic carbocycles. The fourth-order valence-electron chi connectivity index (χ4n) is 4.29. The van der Waals surface area contributed by atoms with Gasteiger partial charge in [-0.25, -0.2) is 0 Å². The molecule has 0 N–H and O–H groups in total. The van der Waals surface area contributed by atoms with Crippen LogP contribution < -0.4 is 0 Å². The van der Waals surface area contributed by atoms with E-state index in [4.69, 9.17) is 0 Å². The molecule has 0 saturated heterocycles. The number of hydrogen-bond acceptors (Lipinski definition) is 0. The van der Waals surface area contributed by atoms with Gasteiger partial charge in [-0.15, -0.1) is 0 Å². The highest BCUT2D eigenvalue weighted by atomic mass is 15.0. The van der Waals surface area contributed by atoms with Crippen LogP contribution in [-0.4, -0.2) is 4.57 Å². The SMILES string of the molecule is CC(C)(C)n1c2ccc(-c3ccccc3)cc2c2ccc3ccccc3c21. The number of rotatable bonds is 1. The van der Waals surface area contributed by atoms with Gasteiger partial charge < -0.3 is 4.57 Å². The van der Waals surface area contributed by atoms with Gasteiger partial charge in [0, 0.05) is 27.2 Å². The zero-order valence-corrected chi connectivity index (χ0v) is 16.0. The average molecular weight is 349 g/mol. The molecule has 132 valence electrons. The van der Waals surface area contributed by atoms with Crippen LogP contribution in [0, 0.1) is 0 Å². The molecule has 0 aliphatic rings. The lowest BCUT2D eigenvalue weighted by Crippen LogP contribution is -2.21. The first-order chi connectivity index (χ1) is 13.0.